The number of aromatic nitrogens is 2. The minimum atomic E-state index is -0.120. The van der Waals surface area contributed by atoms with Gasteiger partial charge in [0.05, 0.1) is 6.20 Å². The van der Waals surface area contributed by atoms with Crippen LogP contribution in [0.4, 0.5) is 4.79 Å². The van der Waals surface area contributed by atoms with E-state index in [1.807, 2.05) is 0 Å². The molecule has 0 radical (unpaired) electrons. The van der Waals surface area contributed by atoms with Crippen LogP contribution >= 0.6 is 0 Å². The Bertz CT molecular complexity index is 537. The molecule has 23 heavy (non-hydrogen) atoms. The Kier molecular flexibility index (Phi) is 5.05. The maximum Gasteiger partial charge on any atom is 0.317 e. The van der Waals surface area contributed by atoms with Crippen LogP contribution in [0.25, 0.3) is 0 Å². The summed E-state index contributed by atoms with van der Waals surface area (Å²) < 4.78 is 0. The second kappa shape index (κ2) is 7.39. The van der Waals surface area contributed by atoms with Gasteiger partial charge >= 0.3 is 6.03 Å². The molecule has 1 aliphatic heterocycles. The monoisotopic (exact) mass is 317 g/mol. The van der Waals surface area contributed by atoms with Gasteiger partial charge in [-0.05, 0) is 12.8 Å². The van der Waals surface area contributed by atoms with Crippen LogP contribution in [0.2, 0.25) is 0 Å². The molecule has 7 heteroatoms. The SMILES string of the molecule is O=C(NC1CCCCC1)N1CCN(C(=O)c2cnccn2)CC1. The van der Waals surface area contributed by atoms with Gasteiger partial charge in [0, 0.05) is 44.6 Å². The van der Waals surface area contributed by atoms with E-state index in [1.54, 1.807) is 16.0 Å². The molecule has 0 bridgehead atoms. The van der Waals surface area contributed by atoms with Crippen LogP contribution in [0.1, 0.15) is 42.6 Å². The Balaban J connectivity index is 1.48. The summed E-state index contributed by atoms with van der Waals surface area (Å²) in [5.74, 6) is -0.120. The topological polar surface area (TPSA) is 78.4 Å². The van der Waals surface area contributed by atoms with Crippen LogP contribution < -0.4 is 5.32 Å². The fourth-order valence-corrected chi connectivity index (χ4v) is 3.20. The Hall–Kier alpha value is -2.18. The maximum absolute atomic E-state index is 12.3. The van der Waals surface area contributed by atoms with E-state index in [2.05, 4.69) is 15.3 Å². The number of carbonyl (C=O) groups excluding carboxylic acids is 2. The molecule has 0 unspecified atom stereocenters. The summed E-state index contributed by atoms with van der Waals surface area (Å²) in [5.41, 5.74) is 0.354. The molecule has 1 N–H and O–H groups in total. The van der Waals surface area contributed by atoms with Gasteiger partial charge in [-0.25, -0.2) is 9.78 Å². The molecule has 1 saturated heterocycles. The van der Waals surface area contributed by atoms with Gasteiger partial charge in [0.15, 0.2) is 0 Å². The highest BCUT2D eigenvalue weighted by Crippen LogP contribution is 2.17. The third-order valence-corrected chi connectivity index (χ3v) is 4.57. The van der Waals surface area contributed by atoms with E-state index < -0.39 is 0 Å². The van der Waals surface area contributed by atoms with Crippen LogP contribution in [0, 0.1) is 0 Å². The zero-order chi connectivity index (χ0) is 16.1. The highest BCUT2D eigenvalue weighted by atomic mass is 16.2. The van der Waals surface area contributed by atoms with Gasteiger partial charge in [0.25, 0.3) is 5.91 Å². The fourth-order valence-electron chi connectivity index (χ4n) is 3.20. The Labute approximate surface area is 136 Å². The largest absolute Gasteiger partial charge is 0.335 e. The molecule has 1 saturated carbocycles. The molecule has 2 aliphatic rings. The summed E-state index contributed by atoms with van der Waals surface area (Å²) in [4.78, 5) is 36.1. The first-order valence-electron chi connectivity index (χ1n) is 8.35. The van der Waals surface area contributed by atoms with E-state index >= 15 is 0 Å². The summed E-state index contributed by atoms with van der Waals surface area (Å²) in [6, 6.07) is 0.319. The number of nitrogens with one attached hydrogen (secondary N) is 1. The van der Waals surface area contributed by atoms with Crippen molar-refractivity contribution in [2.75, 3.05) is 26.2 Å². The fraction of sp³-hybridized carbons (Fsp3) is 0.625. The van der Waals surface area contributed by atoms with Gasteiger partial charge in [-0.1, -0.05) is 19.3 Å². The molecule has 2 fully saturated rings. The molecule has 2 heterocycles. The number of hydrogen-bond acceptors (Lipinski definition) is 4. The lowest BCUT2D eigenvalue weighted by molar-refractivity contribution is 0.0656. The average molecular weight is 317 g/mol. The van der Waals surface area contributed by atoms with Crippen LogP contribution in [0.5, 0.6) is 0 Å². The first kappa shape index (κ1) is 15.7. The van der Waals surface area contributed by atoms with Gasteiger partial charge in [0.1, 0.15) is 5.69 Å². The lowest BCUT2D eigenvalue weighted by atomic mass is 9.96. The molecule has 1 aromatic heterocycles. The Morgan fingerprint density at radius 3 is 2.35 bits per heavy atom. The zero-order valence-corrected chi connectivity index (χ0v) is 13.3. The quantitative estimate of drug-likeness (QED) is 0.891. The predicted molar refractivity (Wildman–Crippen MR) is 84.9 cm³/mol. The van der Waals surface area contributed by atoms with Crippen molar-refractivity contribution in [2.24, 2.45) is 0 Å². The molecule has 124 valence electrons. The summed E-state index contributed by atoms with van der Waals surface area (Å²) in [7, 11) is 0. The molecular weight excluding hydrogens is 294 g/mol. The molecule has 1 aliphatic carbocycles. The van der Waals surface area contributed by atoms with E-state index in [0.717, 1.165) is 12.8 Å². The number of piperazine rings is 1. The molecule has 7 nitrogen and oxygen atoms in total. The predicted octanol–water partition coefficient (Wildman–Crippen LogP) is 1.28. The molecule has 0 spiro atoms. The first-order valence-corrected chi connectivity index (χ1v) is 8.35. The van der Waals surface area contributed by atoms with E-state index in [9.17, 15) is 9.59 Å². The van der Waals surface area contributed by atoms with E-state index in [4.69, 9.17) is 0 Å². The summed E-state index contributed by atoms with van der Waals surface area (Å²) in [6.07, 6.45) is 10.4. The second-order valence-corrected chi connectivity index (χ2v) is 6.15. The first-order chi connectivity index (χ1) is 11.2. The van der Waals surface area contributed by atoms with Crippen molar-refractivity contribution in [3.63, 3.8) is 0 Å². The third kappa shape index (κ3) is 3.97. The number of carbonyl (C=O) groups is 2. The van der Waals surface area contributed by atoms with Crippen LogP contribution in [-0.2, 0) is 0 Å². The number of urea groups is 1. The number of rotatable bonds is 2. The van der Waals surface area contributed by atoms with Gasteiger partial charge in [-0.15, -0.1) is 0 Å². The van der Waals surface area contributed by atoms with Gasteiger partial charge < -0.3 is 15.1 Å². The summed E-state index contributed by atoms with van der Waals surface area (Å²) >= 11 is 0. The standard InChI is InChI=1S/C16H23N5O2/c22-15(14-12-17-6-7-18-14)20-8-10-21(11-9-20)16(23)19-13-4-2-1-3-5-13/h6-7,12-13H,1-5,8-11H2,(H,19,23). The van der Waals surface area contributed by atoms with Crippen molar-refractivity contribution in [1.29, 1.82) is 0 Å². The van der Waals surface area contributed by atoms with Gasteiger partial charge in [-0.2, -0.15) is 0 Å². The smallest absolute Gasteiger partial charge is 0.317 e. The van der Waals surface area contributed by atoms with Crippen molar-refractivity contribution < 1.29 is 9.59 Å². The molecule has 0 atom stereocenters. The molecule has 0 aromatic carbocycles. The highest BCUT2D eigenvalue weighted by Gasteiger charge is 2.26. The molecule has 3 amide bonds. The summed E-state index contributed by atoms with van der Waals surface area (Å²) in [6.45, 7) is 2.19. The number of nitrogens with zero attached hydrogens (tertiary/aromatic N) is 4. The van der Waals surface area contributed by atoms with Crippen LogP contribution in [0.15, 0.2) is 18.6 Å². The van der Waals surface area contributed by atoms with Crippen molar-refractivity contribution in [3.8, 4) is 0 Å². The Morgan fingerprint density at radius 2 is 1.70 bits per heavy atom. The van der Waals surface area contributed by atoms with Crippen molar-refractivity contribution in [1.82, 2.24) is 25.1 Å². The average Bonchev–Trinajstić information content (AvgIpc) is 2.63. The Morgan fingerprint density at radius 1 is 1.00 bits per heavy atom. The van der Waals surface area contributed by atoms with E-state index in [0.29, 0.717) is 37.9 Å². The van der Waals surface area contributed by atoms with E-state index in [1.165, 1.54) is 31.7 Å². The number of amides is 3. The van der Waals surface area contributed by atoms with Gasteiger partial charge in [-0.3, -0.25) is 9.78 Å². The highest BCUT2D eigenvalue weighted by molar-refractivity contribution is 5.92. The minimum absolute atomic E-state index is 0.00324. The van der Waals surface area contributed by atoms with Crippen LogP contribution in [-0.4, -0.2) is 63.9 Å². The third-order valence-electron chi connectivity index (χ3n) is 4.57. The van der Waals surface area contributed by atoms with Crippen molar-refractivity contribution >= 4 is 11.9 Å². The zero-order valence-electron chi connectivity index (χ0n) is 13.3. The lowest BCUT2D eigenvalue weighted by Crippen LogP contribution is -2.54. The molecule has 1 aromatic rings. The lowest BCUT2D eigenvalue weighted by Gasteiger charge is -2.35. The second-order valence-electron chi connectivity index (χ2n) is 6.15. The van der Waals surface area contributed by atoms with Crippen LogP contribution in [0.3, 0.4) is 0 Å². The number of hydrogen-bond donors (Lipinski definition) is 1. The molecule has 3 rings (SSSR count). The van der Waals surface area contributed by atoms with Crippen molar-refractivity contribution in [2.45, 2.75) is 38.1 Å². The normalized spacial score (nSPS) is 19.5. The van der Waals surface area contributed by atoms with E-state index in [-0.39, 0.29) is 11.9 Å². The maximum atomic E-state index is 12.3. The molecular formula is C16H23N5O2. The van der Waals surface area contributed by atoms with Gasteiger partial charge in [0.2, 0.25) is 0 Å². The minimum Gasteiger partial charge on any atom is -0.335 e. The summed E-state index contributed by atoms with van der Waals surface area (Å²) in [5, 5.41) is 3.13. The van der Waals surface area contributed by atoms with Crippen molar-refractivity contribution in [3.05, 3.63) is 24.3 Å².